The highest BCUT2D eigenvalue weighted by Crippen LogP contribution is 2.23. The van der Waals surface area contributed by atoms with Crippen LogP contribution in [0.3, 0.4) is 0 Å². The fourth-order valence-corrected chi connectivity index (χ4v) is 1.60. The molecule has 8 heteroatoms. The van der Waals surface area contributed by atoms with Crippen molar-refractivity contribution in [2.45, 2.75) is 32.6 Å². The molecule has 0 aromatic heterocycles. The number of phenols is 1. The zero-order valence-corrected chi connectivity index (χ0v) is 13.5. The molecule has 128 valence electrons. The van der Waals surface area contributed by atoms with Crippen LogP contribution < -0.4 is 16.8 Å². The predicted molar refractivity (Wildman–Crippen MR) is 91.5 cm³/mol. The summed E-state index contributed by atoms with van der Waals surface area (Å²) in [6.45, 7) is 4.07. The fourth-order valence-electron chi connectivity index (χ4n) is 1.60. The van der Waals surface area contributed by atoms with Crippen molar-refractivity contribution >= 4 is 11.6 Å². The number of nitrogens with two attached hydrogens (primary N) is 2. The minimum Gasteiger partial charge on any atom is -0.507 e. The van der Waals surface area contributed by atoms with E-state index in [1.54, 1.807) is 0 Å². The maximum absolute atomic E-state index is 11.7. The van der Waals surface area contributed by atoms with Gasteiger partial charge in [-0.2, -0.15) is 0 Å². The maximum Gasteiger partial charge on any atom is 0.255 e. The second kappa shape index (κ2) is 13.4. The molecule has 1 rings (SSSR count). The number of nitrogens with zero attached hydrogens (tertiary/aromatic N) is 3. The Hall–Kier alpha value is -2.28. The highest BCUT2D eigenvalue weighted by molar-refractivity contribution is 5.97. The van der Waals surface area contributed by atoms with Crippen LogP contribution >= 0.6 is 0 Å². The Morgan fingerprint density at radius 3 is 2.48 bits per heavy atom. The lowest BCUT2D eigenvalue weighted by Crippen LogP contribution is -2.24. The van der Waals surface area contributed by atoms with Gasteiger partial charge in [0.25, 0.3) is 5.91 Å². The van der Waals surface area contributed by atoms with Gasteiger partial charge in [0.15, 0.2) is 0 Å². The van der Waals surface area contributed by atoms with Crippen LogP contribution in [0.2, 0.25) is 0 Å². The number of hydrogen-bond acceptors (Lipinski definition) is 5. The van der Waals surface area contributed by atoms with Gasteiger partial charge in [-0.1, -0.05) is 24.5 Å². The topological polar surface area (TPSA) is 150 Å². The van der Waals surface area contributed by atoms with Gasteiger partial charge in [0.2, 0.25) is 0 Å². The van der Waals surface area contributed by atoms with E-state index in [2.05, 4.69) is 22.3 Å². The summed E-state index contributed by atoms with van der Waals surface area (Å²) in [7, 11) is 0. The number of carbonyl (C=O) groups is 1. The van der Waals surface area contributed by atoms with E-state index in [0.29, 0.717) is 13.1 Å². The molecule has 0 spiro atoms. The second-order valence-corrected chi connectivity index (χ2v) is 4.78. The van der Waals surface area contributed by atoms with Crippen LogP contribution in [0.15, 0.2) is 23.3 Å². The standard InChI is InChI=1S/C11H15N5O2.C4H11N/c12-5-1-2-6-14-11(18)9-4-3-8(15-16-13)7-10(9)17;1-2-3-4-5/h3-4,7,17H,1-2,5-6,12H2,(H,14,18);2-5H2,1H3. The summed E-state index contributed by atoms with van der Waals surface area (Å²) in [4.78, 5) is 14.3. The Balaban J connectivity index is 0.000000841. The molecule has 0 fully saturated rings. The molecular formula is C15H26N6O2. The van der Waals surface area contributed by atoms with Gasteiger partial charge in [-0.25, -0.2) is 0 Å². The van der Waals surface area contributed by atoms with E-state index >= 15 is 0 Å². The number of carbonyl (C=O) groups excluding carboxylic acids is 1. The number of hydrogen-bond donors (Lipinski definition) is 4. The van der Waals surface area contributed by atoms with Crippen LogP contribution in [0.5, 0.6) is 5.75 Å². The summed E-state index contributed by atoms with van der Waals surface area (Å²) in [5.74, 6) is -0.576. The van der Waals surface area contributed by atoms with Gasteiger partial charge in [0, 0.05) is 17.1 Å². The van der Waals surface area contributed by atoms with Gasteiger partial charge in [0.05, 0.1) is 5.56 Å². The van der Waals surface area contributed by atoms with Crippen molar-refractivity contribution in [1.29, 1.82) is 0 Å². The van der Waals surface area contributed by atoms with E-state index < -0.39 is 0 Å². The molecule has 0 radical (unpaired) electrons. The Bertz CT molecular complexity index is 513. The van der Waals surface area contributed by atoms with Gasteiger partial charge < -0.3 is 21.9 Å². The Morgan fingerprint density at radius 2 is 2.00 bits per heavy atom. The quantitative estimate of drug-likeness (QED) is 0.251. The molecule has 6 N–H and O–H groups in total. The van der Waals surface area contributed by atoms with E-state index in [9.17, 15) is 9.90 Å². The first kappa shape index (κ1) is 20.7. The molecule has 0 aliphatic heterocycles. The first-order valence-corrected chi connectivity index (χ1v) is 7.67. The number of aromatic hydroxyl groups is 1. The van der Waals surface area contributed by atoms with Crippen LogP contribution in [-0.4, -0.2) is 30.6 Å². The van der Waals surface area contributed by atoms with Crippen LogP contribution in [-0.2, 0) is 0 Å². The first-order valence-electron chi connectivity index (χ1n) is 7.67. The molecule has 0 bridgehead atoms. The summed E-state index contributed by atoms with van der Waals surface area (Å²) in [6.07, 6.45) is 4.01. The Kier molecular flexibility index (Phi) is 12.1. The zero-order valence-electron chi connectivity index (χ0n) is 13.5. The van der Waals surface area contributed by atoms with E-state index in [1.165, 1.54) is 31.0 Å². The molecule has 0 unspecified atom stereocenters. The number of rotatable bonds is 8. The summed E-state index contributed by atoms with van der Waals surface area (Å²) in [5, 5.41) is 15.6. The molecule has 0 saturated heterocycles. The highest BCUT2D eigenvalue weighted by atomic mass is 16.3. The van der Waals surface area contributed by atoms with Crippen LogP contribution in [0.1, 0.15) is 43.0 Å². The average molecular weight is 322 g/mol. The van der Waals surface area contributed by atoms with E-state index in [-0.39, 0.29) is 22.9 Å². The van der Waals surface area contributed by atoms with Crippen LogP contribution in [0.25, 0.3) is 10.4 Å². The molecule has 23 heavy (non-hydrogen) atoms. The fraction of sp³-hybridized carbons (Fsp3) is 0.533. The number of unbranched alkanes of at least 4 members (excludes halogenated alkanes) is 2. The average Bonchev–Trinajstić information content (AvgIpc) is 2.53. The minimum atomic E-state index is -0.364. The zero-order chi connectivity index (χ0) is 17.5. The van der Waals surface area contributed by atoms with Gasteiger partial charge in [-0.3, -0.25) is 4.79 Å². The lowest BCUT2D eigenvalue weighted by molar-refractivity contribution is 0.0950. The third kappa shape index (κ3) is 9.36. The van der Waals surface area contributed by atoms with E-state index in [4.69, 9.17) is 17.0 Å². The van der Waals surface area contributed by atoms with Gasteiger partial charge in [0.1, 0.15) is 5.75 Å². The third-order valence-corrected chi connectivity index (χ3v) is 2.86. The highest BCUT2D eigenvalue weighted by Gasteiger charge is 2.10. The van der Waals surface area contributed by atoms with Crippen LogP contribution in [0.4, 0.5) is 5.69 Å². The molecule has 1 aromatic carbocycles. The smallest absolute Gasteiger partial charge is 0.255 e. The molecule has 0 atom stereocenters. The van der Waals surface area contributed by atoms with Crippen molar-refractivity contribution in [2.75, 3.05) is 19.6 Å². The van der Waals surface area contributed by atoms with Crippen molar-refractivity contribution < 1.29 is 9.90 Å². The Morgan fingerprint density at radius 1 is 1.30 bits per heavy atom. The van der Waals surface area contributed by atoms with Gasteiger partial charge in [-0.05, 0) is 50.0 Å². The van der Waals surface area contributed by atoms with Crippen LogP contribution in [0, 0.1) is 0 Å². The summed E-state index contributed by atoms with van der Waals surface area (Å²) >= 11 is 0. The minimum absolute atomic E-state index is 0.152. The lowest BCUT2D eigenvalue weighted by atomic mass is 10.1. The molecule has 0 heterocycles. The van der Waals surface area contributed by atoms with Crippen molar-refractivity contribution in [3.63, 3.8) is 0 Å². The number of phenolic OH excluding ortho intramolecular Hbond substituents is 1. The Labute approximate surface area is 136 Å². The largest absolute Gasteiger partial charge is 0.507 e. The SMILES string of the molecule is CCCCN.[N-]=[N+]=Nc1ccc(C(=O)NCCCCN)c(O)c1. The number of azide groups is 1. The van der Waals surface area contributed by atoms with Crippen molar-refractivity contribution in [1.82, 2.24) is 5.32 Å². The first-order chi connectivity index (χ1) is 11.1. The lowest BCUT2D eigenvalue weighted by Gasteiger charge is -2.06. The molecular weight excluding hydrogens is 296 g/mol. The maximum atomic E-state index is 11.7. The number of benzene rings is 1. The van der Waals surface area contributed by atoms with E-state index in [1.807, 2.05) is 0 Å². The third-order valence-electron chi connectivity index (χ3n) is 2.86. The van der Waals surface area contributed by atoms with E-state index in [0.717, 1.165) is 19.4 Å². The molecule has 8 nitrogen and oxygen atoms in total. The van der Waals surface area contributed by atoms with Crippen molar-refractivity contribution in [3.8, 4) is 5.75 Å². The van der Waals surface area contributed by atoms with Gasteiger partial charge >= 0.3 is 0 Å². The normalized spacial score (nSPS) is 9.35. The molecule has 1 amide bonds. The molecule has 0 saturated carbocycles. The van der Waals surface area contributed by atoms with Crippen molar-refractivity contribution in [2.24, 2.45) is 16.6 Å². The summed E-state index contributed by atoms with van der Waals surface area (Å²) < 4.78 is 0. The molecule has 1 aromatic rings. The number of nitrogens with one attached hydrogen (secondary N) is 1. The predicted octanol–water partition coefficient (Wildman–Crippen LogP) is 2.55. The second-order valence-electron chi connectivity index (χ2n) is 4.78. The summed E-state index contributed by atoms with van der Waals surface area (Å²) in [5.41, 5.74) is 19.1. The number of amides is 1. The molecule has 0 aliphatic rings. The monoisotopic (exact) mass is 322 g/mol. The van der Waals surface area contributed by atoms with Gasteiger partial charge in [-0.15, -0.1) is 0 Å². The summed E-state index contributed by atoms with van der Waals surface area (Å²) in [6, 6.07) is 4.13. The molecule has 0 aliphatic carbocycles. The van der Waals surface area contributed by atoms with Crippen molar-refractivity contribution in [3.05, 3.63) is 34.2 Å².